The molecular formula is C18H22ClNO. The van der Waals surface area contributed by atoms with Gasteiger partial charge >= 0.3 is 0 Å². The van der Waals surface area contributed by atoms with Crippen molar-refractivity contribution in [3.63, 3.8) is 0 Å². The van der Waals surface area contributed by atoms with E-state index in [0.717, 1.165) is 31.5 Å². The molecule has 0 spiro atoms. The largest absolute Gasteiger partial charge is 0.388 e. The molecule has 1 N–H and O–H groups in total. The molecule has 0 heterocycles. The molecule has 0 saturated carbocycles. The summed E-state index contributed by atoms with van der Waals surface area (Å²) in [6.45, 7) is 1.90. The van der Waals surface area contributed by atoms with E-state index in [0.29, 0.717) is 5.02 Å². The molecule has 0 radical (unpaired) electrons. The van der Waals surface area contributed by atoms with Gasteiger partial charge in [-0.25, -0.2) is 0 Å². The third-order valence-electron chi connectivity index (χ3n) is 3.55. The Morgan fingerprint density at radius 2 is 1.86 bits per heavy atom. The fraction of sp³-hybridized carbons (Fsp3) is 0.333. The van der Waals surface area contributed by atoms with Gasteiger partial charge in [-0.2, -0.15) is 0 Å². The predicted molar refractivity (Wildman–Crippen MR) is 88.4 cm³/mol. The highest BCUT2D eigenvalue weighted by Crippen LogP contribution is 2.21. The molecule has 1 atom stereocenters. The lowest BCUT2D eigenvalue weighted by Gasteiger charge is -2.18. The summed E-state index contributed by atoms with van der Waals surface area (Å²) in [6, 6.07) is 17.9. The minimum atomic E-state index is -0.436. The first-order chi connectivity index (χ1) is 10.1. The molecule has 2 aromatic rings. The predicted octanol–water partition coefficient (Wildman–Crippen LogP) is 4.29. The first-order valence-electron chi connectivity index (χ1n) is 7.31. The Labute approximate surface area is 132 Å². The van der Waals surface area contributed by atoms with Crippen molar-refractivity contribution in [2.75, 3.05) is 13.6 Å². The lowest BCUT2D eigenvalue weighted by molar-refractivity contribution is 0.158. The fourth-order valence-corrected chi connectivity index (χ4v) is 2.61. The maximum absolute atomic E-state index is 10.2. The zero-order valence-corrected chi connectivity index (χ0v) is 13.1. The van der Waals surface area contributed by atoms with Crippen molar-refractivity contribution in [2.45, 2.75) is 25.5 Å². The van der Waals surface area contributed by atoms with Gasteiger partial charge in [-0.1, -0.05) is 54.1 Å². The van der Waals surface area contributed by atoms with Crippen LogP contribution >= 0.6 is 11.6 Å². The minimum absolute atomic E-state index is 0.436. The number of halogens is 1. The van der Waals surface area contributed by atoms with E-state index in [-0.39, 0.29) is 0 Å². The number of nitrogens with zero attached hydrogens (tertiary/aromatic N) is 1. The number of benzene rings is 2. The molecule has 0 aliphatic heterocycles. The Hall–Kier alpha value is -1.35. The third-order valence-corrected chi connectivity index (χ3v) is 3.78. The van der Waals surface area contributed by atoms with Crippen molar-refractivity contribution in [3.05, 3.63) is 70.7 Å². The van der Waals surface area contributed by atoms with Crippen molar-refractivity contribution >= 4 is 11.6 Å². The van der Waals surface area contributed by atoms with Crippen LogP contribution in [0.15, 0.2) is 54.6 Å². The lowest BCUT2D eigenvalue weighted by atomic mass is 10.0. The molecule has 21 heavy (non-hydrogen) atoms. The van der Waals surface area contributed by atoms with Crippen LogP contribution in [0.2, 0.25) is 5.02 Å². The van der Waals surface area contributed by atoms with Gasteiger partial charge in [0.1, 0.15) is 0 Å². The van der Waals surface area contributed by atoms with Crippen molar-refractivity contribution in [3.8, 4) is 0 Å². The second-order valence-electron chi connectivity index (χ2n) is 5.44. The Balaban J connectivity index is 1.73. The van der Waals surface area contributed by atoms with Crippen LogP contribution in [-0.2, 0) is 6.54 Å². The van der Waals surface area contributed by atoms with Crippen molar-refractivity contribution in [1.82, 2.24) is 4.90 Å². The average molecular weight is 304 g/mol. The normalized spacial score (nSPS) is 12.6. The smallest absolute Gasteiger partial charge is 0.0791 e. The van der Waals surface area contributed by atoms with Crippen LogP contribution in [0, 0.1) is 0 Å². The van der Waals surface area contributed by atoms with E-state index in [2.05, 4.69) is 36.2 Å². The maximum Gasteiger partial charge on any atom is 0.0791 e. The standard InChI is InChI=1S/C18H22ClNO/c1-20(14-15-7-3-2-4-8-15)12-6-11-18(21)16-9-5-10-17(19)13-16/h2-5,7-10,13,18,21H,6,11-12,14H2,1H3. The lowest BCUT2D eigenvalue weighted by Crippen LogP contribution is -2.19. The summed E-state index contributed by atoms with van der Waals surface area (Å²) in [4.78, 5) is 2.28. The van der Waals surface area contributed by atoms with Gasteiger partial charge in [-0.3, -0.25) is 0 Å². The number of aliphatic hydroxyl groups is 1. The van der Waals surface area contributed by atoms with E-state index in [1.165, 1.54) is 5.56 Å². The molecule has 0 amide bonds. The second-order valence-corrected chi connectivity index (χ2v) is 5.87. The van der Waals surface area contributed by atoms with Gasteiger partial charge in [0.05, 0.1) is 6.10 Å². The summed E-state index contributed by atoms with van der Waals surface area (Å²) in [5, 5.41) is 10.8. The maximum atomic E-state index is 10.2. The van der Waals surface area contributed by atoms with Crippen molar-refractivity contribution in [2.24, 2.45) is 0 Å². The van der Waals surface area contributed by atoms with Gasteiger partial charge < -0.3 is 10.0 Å². The van der Waals surface area contributed by atoms with Crippen LogP contribution in [0.5, 0.6) is 0 Å². The third kappa shape index (κ3) is 5.50. The van der Waals surface area contributed by atoms with Gasteiger partial charge in [-0.15, -0.1) is 0 Å². The summed E-state index contributed by atoms with van der Waals surface area (Å²) in [7, 11) is 2.11. The van der Waals surface area contributed by atoms with Gasteiger partial charge in [0.2, 0.25) is 0 Å². The van der Waals surface area contributed by atoms with Crippen LogP contribution in [0.4, 0.5) is 0 Å². The average Bonchev–Trinajstić information content (AvgIpc) is 2.48. The summed E-state index contributed by atoms with van der Waals surface area (Å²) < 4.78 is 0. The quantitative estimate of drug-likeness (QED) is 0.825. The summed E-state index contributed by atoms with van der Waals surface area (Å²) >= 11 is 5.94. The molecular weight excluding hydrogens is 282 g/mol. The molecule has 0 aromatic heterocycles. The topological polar surface area (TPSA) is 23.5 Å². The van der Waals surface area contributed by atoms with Crippen LogP contribution in [-0.4, -0.2) is 23.6 Å². The Kier molecular flexibility index (Phi) is 6.24. The number of hydrogen-bond acceptors (Lipinski definition) is 2. The van der Waals surface area contributed by atoms with Crippen molar-refractivity contribution in [1.29, 1.82) is 0 Å². The van der Waals surface area contributed by atoms with Crippen molar-refractivity contribution < 1.29 is 5.11 Å². The van der Waals surface area contributed by atoms with E-state index >= 15 is 0 Å². The molecule has 0 aliphatic rings. The monoisotopic (exact) mass is 303 g/mol. The Morgan fingerprint density at radius 3 is 2.57 bits per heavy atom. The molecule has 0 bridgehead atoms. The van der Waals surface area contributed by atoms with Gasteiger partial charge in [-0.05, 0) is 49.7 Å². The van der Waals surface area contributed by atoms with Gasteiger partial charge in [0, 0.05) is 11.6 Å². The molecule has 0 fully saturated rings. The highest BCUT2D eigenvalue weighted by molar-refractivity contribution is 6.30. The second kappa shape index (κ2) is 8.18. The zero-order valence-electron chi connectivity index (χ0n) is 12.4. The van der Waals surface area contributed by atoms with Crippen LogP contribution in [0.1, 0.15) is 30.1 Å². The first kappa shape index (κ1) is 16.0. The highest BCUT2D eigenvalue weighted by atomic mass is 35.5. The summed E-state index contributed by atoms with van der Waals surface area (Å²) in [6.07, 6.45) is 1.27. The van der Waals surface area contributed by atoms with Gasteiger partial charge in [0.25, 0.3) is 0 Å². The van der Waals surface area contributed by atoms with E-state index in [1.54, 1.807) is 0 Å². The highest BCUT2D eigenvalue weighted by Gasteiger charge is 2.08. The molecule has 112 valence electrons. The minimum Gasteiger partial charge on any atom is -0.388 e. The van der Waals surface area contributed by atoms with Crippen LogP contribution in [0.25, 0.3) is 0 Å². The fourth-order valence-electron chi connectivity index (χ4n) is 2.41. The Morgan fingerprint density at radius 1 is 1.10 bits per heavy atom. The first-order valence-corrected chi connectivity index (χ1v) is 7.69. The van der Waals surface area contributed by atoms with E-state index in [4.69, 9.17) is 11.6 Å². The molecule has 2 aromatic carbocycles. The number of aliphatic hydroxyl groups excluding tert-OH is 1. The Bertz CT molecular complexity index is 544. The van der Waals surface area contributed by atoms with Crippen LogP contribution < -0.4 is 0 Å². The van der Waals surface area contributed by atoms with E-state index in [9.17, 15) is 5.11 Å². The molecule has 3 heteroatoms. The van der Waals surface area contributed by atoms with E-state index in [1.807, 2.05) is 30.3 Å². The van der Waals surface area contributed by atoms with Crippen LogP contribution in [0.3, 0.4) is 0 Å². The molecule has 1 unspecified atom stereocenters. The molecule has 0 saturated heterocycles. The zero-order chi connectivity index (χ0) is 15.1. The SMILES string of the molecule is CN(CCCC(O)c1cccc(Cl)c1)Cc1ccccc1. The number of rotatable bonds is 7. The molecule has 2 rings (SSSR count). The molecule has 0 aliphatic carbocycles. The summed E-state index contributed by atoms with van der Waals surface area (Å²) in [5.74, 6) is 0. The van der Waals surface area contributed by atoms with E-state index < -0.39 is 6.10 Å². The van der Waals surface area contributed by atoms with Gasteiger partial charge in [0.15, 0.2) is 0 Å². The molecule has 2 nitrogen and oxygen atoms in total. The number of hydrogen-bond donors (Lipinski definition) is 1. The summed E-state index contributed by atoms with van der Waals surface area (Å²) in [5.41, 5.74) is 2.21.